The summed E-state index contributed by atoms with van der Waals surface area (Å²) in [5.41, 5.74) is 6.31. The number of nitrogens with two attached hydrogens (primary N) is 1. The number of nitrogens with one attached hydrogen (secondary N) is 2. The van der Waals surface area contributed by atoms with Crippen molar-refractivity contribution in [1.29, 1.82) is 0 Å². The van der Waals surface area contributed by atoms with Crippen molar-refractivity contribution < 1.29 is 33.4 Å². The van der Waals surface area contributed by atoms with Crippen LogP contribution in [0.3, 0.4) is 0 Å². The number of carbonyl (C=O) groups excluding carboxylic acids is 5. The number of allylic oxidation sites excluding steroid dienone is 1. The summed E-state index contributed by atoms with van der Waals surface area (Å²) in [4.78, 5) is 82.3. The van der Waals surface area contributed by atoms with Crippen molar-refractivity contribution in [1.82, 2.24) is 29.8 Å². The maximum Gasteiger partial charge on any atom is 0.358 e. The van der Waals surface area contributed by atoms with Crippen LogP contribution in [0.25, 0.3) is 0 Å². The number of hydrogen-bond donors (Lipinski definition) is 3. The van der Waals surface area contributed by atoms with Gasteiger partial charge in [0.2, 0.25) is 18.2 Å². The third-order valence-corrected chi connectivity index (χ3v) is 8.99. The fourth-order valence-electron chi connectivity index (χ4n) is 5.24. The van der Waals surface area contributed by atoms with E-state index in [2.05, 4.69) is 25.2 Å². The lowest BCUT2D eigenvalue weighted by atomic mass is 10.0. The Balaban J connectivity index is 1.39. The number of carbonyl (C=O) groups is 5. The molecular formula is C24H28N8O8S2. The van der Waals surface area contributed by atoms with Gasteiger partial charge in [-0.3, -0.25) is 24.1 Å². The number of rotatable bonds is 9. The van der Waals surface area contributed by atoms with Gasteiger partial charge in [-0.25, -0.2) is 9.78 Å². The molecule has 18 heteroatoms. The average Bonchev–Trinajstić information content (AvgIpc) is 3.69. The Morgan fingerprint density at radius 1 is 1.29 bits per heavy atom. The summed E-state index contributed by atoms with van der Waals surface area (Å²) < 4.78 is 14.1. The van der Waals surface area contributed by atoms with Crippen molar-refractivity contribution in [3.8, 4) is 0 Å². The van der Waals surface area contributed by atoms with Crippen molar-refractivity contribution in [3.05, 3.63) is 33.7 Å². The molecule has 0 aromatic carbocycles. The monoisotopic (exact) mass is 620 g/mol. The number of fused-ring (bicyclic) bond motifs is 1. The van der Waals surface area contributed by atoms with Gasteiger partial charge in [0.05, 0.1) is 0 Å². The first kappa shape index (κ1) is 29.6. The second-order valence-electron chi connectivity index (χ2n) is 9.92. The van der Waals surface area contributed by atoms with Gasteiger partial charge in [0.1, 0.15) is 17.1 Å². The standard InChI is InChI=1S/C24H28N8O8S2/c1-10(33)39-11(2)40-23(37)17-13(7-12-4-6-31(20(12)35)14-3-5-26-8-14)9-41-22-16(21(36)32(17)22)27-19(34)15(29-38)18-28-24(25)42-30-18/h7,11,14-16,22,26H,3-6,8-9H2,1-2H3,(H,27,34)(H2,25,28,30)/t11?,14-,15?,16-,22-/m1/s1. The molecule has 0 radical (unpaired) electrons. The summed E-state index contributed by atoms with van der Waals surface area (Å²) in [5.74, 6) is -3.26. The zero-order chi connectivity index (χ0) is 30.1. The van der Waals surface area contributed by atoms with Crippen LogP contribution in [0.5, 0.6) is 0 Å². The maximum atomic E-state index is 13.4. The molecule has 0 spiro atoms. The van der Waals surface area contributed by atoms with Crippen LogP contribution in [0.15, 0.2) is 28.1 Å². The van der Waals surface area contributed by atoms with Gasteiger partial charge in [-0.05, 0) is 36.2 Å². The van der Waals surface area contributed by atoms with E-state index in [-0.39, 0.29) is 34.4 Å². The first-order valence-corrected chi connectivity index (χ1v) is 14.9. The quantitative estimate of drug-likeness (QED) is 0.105. The number of nitrogen functional groups attached to an aromatic ring is 1. The topological polar surface area (TPSA) is 216 Å². The van der Waals surface area contributed by atoms with E-state index < -0.39 is 47.5 Å². The number of nitroso groups, excluding NO2 is 1. The normalized spacial score (nSPS) is 26.0. The van der Waals surface area contributed by atoms with Crippen LogP contribution < -0.4 is 16.4 Å². The lowest BCUT2D eigenvalue weighted by Crippen LogP contribution is -2.70. The minimum Gasteiger partial charge on any atom is -0.426 e. The Hall–Kier alpha value is -3.90. The van der Waals surface area contributed by atoms with Crippen LogP contribution in [0.4, 0.5) is 5.13 Å². The molecule has 0 bridgehead atoms. The lowest BCUT2D eigenvalue weighted by Gasteiger charge is -2.49. The number of aromatic nitrogens is 2. The number of hydrogen-bond acceptors (Lipinski definition) is 15. The molecule has 5 atom stereocenters. The molecule has 224 valence electrons. The molecule has 5 heterocycles. The van der Waals surface area contributed by atoms with E-state index in [0.29, 0.717) is 30.7 Å². The van der Waals surface area contributed by atoms with Crippen molar-refractivity contribution in [3.63, 3.8) is 0 Å². The molecule has 0 aliphatic carbocycles. The Bertz CT molecular complexity index is 1390. The van der Waals surface area contributed by atoms with E-state index in [1.807, 2.05) is 4.90 Å². The fraction of sp³-hybridized carbons (Fsp3) is 0.542. The highest BCUT2D eigenvalue weighted by Crippen LogP contribution is 2.42. The summed E-state index contributed by atoms with van der Waals surface area (Å²) in [6.07, 6.45) is 1.70. The lowest BCUT2D eigenvalue weighted by molar-refractivity contribution is -0.182. The Labute approximate surface area is 247 Å². The number of thioether (sulfide) groups is 1. The number of likely N-dealkylation sites (tertiary alicyclic amines) is 1. The molecule has 4 N–H and O–H groups in total. The van der Waals surface area contributed by atoms with Gasteiger partial charge in [0.25, 0.3) is 11.8 Å². The highest BCUT2D eigenvalue weighted by molar-refractivity contribution is 8.00. The molecule has 16 nitrogen and oxygen atoms in total. The molecule has 1 aromatic rings. The predicted molar refractivity (Wildman–Crippen MR) is 148 cm³/mol. The molecule has 3 fully saturated rings. The zero-order valence-corrected chi connectivity index (χ0v) is 24.2. The third-order valence-electron chi connectivity index (χ3n) is 7.13. The summed E-state index contributed by atoms with van der Waals surface area (Å²) in [7, 11) is 0. The van der Waals surface area contributed by atoms with Gasteiger partial charge < -0.3 is 30.7 Å². The van der Waals surface area contributed by atoms with Gasteiger partial charge in [-0.1, -0.05) is 0 Å². The number of ether oxygens (including phenoxy) is 2. The van der Waals surface area contributed by atoms with Crippen LogP contribution in [-0.2, 0) is 33.4 Å². The average molecular weight is 621 g/mol. The Morgan fingerprint density at radius 3 is 2.71 bits per heavy atom. The van der Waals surface area contributed by atoms with E-state index in [1.54, 1.807) is 6.08 Å². The first-order valence-electron chi connectivity index (χ1n) is 13.1. The van der Waals surface area contributed by atoms with Gasteiger partial charge in [0.15, 0.2) is 11.0 Å². The van der Waals surface area contributed by atoms with Gasteiger partial charge >= 0.3 is 11.9 Å². The summed E-state index contributed by atoms with van der Waals surface area (Å²) in [5, 5.41) is 7.84. The van der Waals surface area contributed by atoms with Gasteiger partial charge in [-0.2, -0.15) is 4.37 Å². The number of β-lactam (4-membered cyclic amide) rings is 1. The minimum absolute atomic E-state index is 0.0434. The minimum atomic E-state index is -1.62. The van der Waals surface area contributed by atoms with Crippen molar-refractivity contribution in [2.45, 2.75) is 56.5 Å². The summed E-state index contributed by atoms with van der Waals surface area (Å²) in [6, 6.07) is -2.62. The molecule has 4 aliphatic rings. The second-order valence-corrected chi connectivity index (χ2v) is 11.8. The highest BCUT2D eigenvalue weighted by atomic mass is 32.2. The predicted octanol–water partition coefficient (Wildman–Crippen LogP) is -0.445. The van der Waals surface area contributed by atoms with Crippen molar-refractivity contribution in [2.75, 3.05) is 31.1 Å². The zero-order valence-electron chi connectivity index (χ0n) is 22.6. The van der Waals surface area contributed by atoms with Crippen molar-refractivity contribution in [2.24, 2.45) is 5.18 Å². The molecule has 3 amide bonds. The second kappa shape index (κ2) is 12.1. The summed E-state index contributed by atoms with van der Waals surface area (Å²) in [6.45, 7) is 4.61. The third kappa shape index (κ3) is 5.73. The number of esters is 2. The Kier molecular flexibility index (Phi) is 8.55. The van der Waals surface area contributed by atoms with Crippen LogP contribution in [0.2, 0.25) is 0 Å². The number of amides is 3. The van der Waals surface area contributed by atoms with E-state index in [1.165, 1.54) is 23.6 Å². The van der Waals surface area contributed by atoms with Crippen LogP contribution in [0.1, 0.15) is 38.6 Å². The van der Waals surface area contributed by atoms with Crippen molar-refractivity contribution >= 4 is 58.1 Å². The molecule has 4 aliphatic heterocycles. The molecular weight excluding hydrogens is 592 g/mol. The molecule has 42 heavy (non-hydrogen) atoms. The van der Waals surface area contributed by atoms with Crippen LogP contribution in [0, 0.1) is 4.91 Å². The Morgan fingerprint density at radius 2 is 2.07 bits per heavy atom. The molecule has 3 saturated heterocycles. The SMILES string of the molecule is CC(=O)OC(C)OC(=O)C1=C(C=C2CCN([C@@H]3CCNC3)C2=O)CS[C@@H]2[C@H](NC(=O)C(N=O)c3nsc(N)n3)C(=O)N12. The largest absolute Gasteiger partial charge is 0.426 e. The maximum absolute atomic E-state index is 13.4. The molecule has 5 rings (SSSR count). The molecule has 1 aromatic heterocycles. The van der Waals surface area contributed by atoms with Crippen LogP contribution >= 0.6 is 23.3 Å². The fourth-order valence-corrected chi connectivity index (χ4v) is 7.01. The summed E-state index contributed by atoms with van der Waals surface area (Å²) >= 11 is 2.05. The van der Waals surface area contributed by atoms with Gasteiger partial charge in [0, 0.05) is 55.8 Å². The van der Waals surface area contributed by atoms with E-state index in [0.717, 1.165) is 31.4 Å². The van der Waals surface area contributed by atoms with E-state index in [9.17, 15) is 28.9 Å². The smallest absolute Gasteiger partial charge is 0.358 e. The van der Waals surface area contributed by atoms with E-state index in [4.69, 9.17) is 15.2 Å². The number of anilines is 1. The molecule has 2 unspecified atom stereocenters. The first-order chi connectivity index (χ1) is 20.1. The molecule has 0 saturated carbocycles. The van der Waals surface area contributed by atoms with E-state index >= 15 is 0 Å². The number of nitrogens with zero attached hydrogens (tertiary/aromatic N) is 5. The highest BCUT2D eigenvalue weighted by Gasteiger charge is 2.55. The van der Waals surface area contributed by atoms with Gasteiger partial charge in [-0.15, -0.1) is 16.7 Å². The van der Waals surface area contributed by atoms with Crippen LogP contribution in [-0.4, -0.2) is 98.0 Å².